The molecule has 0 aliphatic carbocycles. The molecule has 1 aliphatic heterocycles. The Morgan fingerprint density at radius 2 is 2.12 bits per heavy atom. The van der Waals surface area contributed by atoms with Crippen LogP contribution >= 0.6 is 0 Å². The maximum Gasteiger partial charge on any atom is 0.103 e. The van der Waals surface area contributed by atoms with Gasteiger partial charge in [-0.15, -0.1) is 0 Å². The molecule has 0 saturated carbocycles. The summed E-state index contributed by atoms with van der Waals surface area (Å²) in [6.07, 6.45) is 4.22. The van der Waals surface area contributed by atoms with Crippen LogP contribution in [0.3, 0.4) is 0 Å². The summed E-state index contributed by atoms with van der Waals surface area (Å²) in [7, 11) is 4.03. The molecule has 1 unspecified atom stereocenters. The Morgan fingerprint density at radius 3 is 2.65 bits per heavy atom. The smallest absolute Gasteiger partial charge is 0.103 e. The van der Waals surface area contributed by atoms with Crippen LogP contribution in [0.15, 0.2) is 0 Å². The lowest BCUT2D eigenvalue weighted by Gasteiger charge is -2.32. The van der Waals surface area contributed by atoms with E-state index in [2.05, 4.69) is 23.3 Å². The molecule has 1 atom stereocenters. The van der Waals surface area contributed by atoms with Crippen molar-refractivity contribution in [2.24, 2.45) is 0 Å². The van der Waals surface area contributed by atoms with Crippen LogP contribution in [-0.4, -0.2) is 50.3 Å². The summed E-state index contributed by atoms with van der Waals surface area (Å²) < 4.78 is 5.36. The molecule has 0 aromatic carbocycles. The Hall–Kier alpha value is -0.630. The molecule has 17 heavy (non-hydrogen) atoms. The van der Waals surface area contributed by atoms with Crippen LogP contribution in [0.2, 0.25) is 0 Å². The molecule has 0 aromatic rings. The molecule has 4 nitrogen and oxygen atoms in total. The van der Waals surface area contributed by atoms with E-state index < -0.39 is 0 Å². The monoisotopic (exact) mass is 239 g/mol. The van der Waals surface area contributed by atoms with Gasteiger partial charge in [0.25, 0.3) is 0 Å². The highest BCUT2D eigenvalue weighted by molar-refractivity contribution is 5.02. The number of nitrogens with one attached hydrogen (secondary N) is 1. The van der Waals surface area contributed by atoms with E-state index in [0.717, 1.165) is 45.4 Å². The zero-order chi connectivity index (χ0) is 12.7. The standard InChI is InChI=1S/C13H25N3O/c1-13(11-14,15-2)7-4-8-16(3)12-5-9-17-10-6-12/h12,15H,4-10H2,1-3H3. The van der Waals surface area contributed by atoms with Gasteiger partial charge >= 0.3 is 0 Å². The second kappa shape index (κ2) is 6.95. The fourth-order valence-electron chi connectivity index (χ4n) is 2.23. The van der Waals surface area contributed by atoms with Crippen molar-refractivity contribution in [3.05, 3.63) is 0 Å². The third kappa shape index (κ3) is 4.63. The second-order valence-electron chi connectivity index (χ2n) is 5.12. The van der Waals surface area contributed by atoms with E-state index in [4.69, 9.17) is 10.00 Å². The number of nitrogens with zero attached hydrogens (tertiary/aromatic N) is 2. The third-order valence-electron chi connectivity index (χ3n) is 3.80. The van der Waals surface area contributed by atoms with Gasteiger partial charge < -0.3 is 15.0 Å². The van der Waals surface area contributed by atoms with Gasteiger partial charge in [-0.2, -0.15) is 5.26 Å². The minimum atomic E-state index is -0.378. The molecule has 1 fully saturated rings. The van der Waals surface area contributed by atoms with Gasteiger partial charge in [-0.05, 0) is 53.2 Å². The van der Waals surface area contributed by atoms with Crippen molar-refractivity contribution in [2.45, 2.75) is 44.2 Å². The van der Waals surface area contributed by atoms with E-state index in [1.54, 1.807) is 0 Å². The van der Waals surface area contributed by atoms with E-state index in [1.807, 2.05) is 14.0 Å². The van der Waals surface area contributed by atoms with Gasteiger partial charge in [-0.3, -0.25) is 0 Å². The molecule has 1 rings (SSSR count). The molecule has 1 saturated heterocycles. The molecule has 0 radical (unpaired) electrons. The number of ether oxygens (including phenoxy) is 1. The summed E-state index contributed by atoms with van der Waals surface area (Å²) in [6, 6.07) is 2.99. The maximum atomic E-state index is 9.06. The summed E-state index contributed by atoms with van der Waals surface area (Å²) in [5.74, 6) is 0. The average Bonchev–Trinajstić information content (AvgIpc) is 2.39. The lowest BCUT2D eigenvalue weighted by molar-refractivity contribution is 0.0422. The van der Waals surface area contributed by atoms with Gasteiger partial charge in [0, 0.05) is 19.3 Å². The predicted molar refractivity (Wildman–Crippen MR) is 68.8 cm³/mol. The zero-order valence-electron chi connectivity index (χ0n) is 11.3. The SMILES string of the molecule is CNC(C)(C#N)CCCN(C)C1CCOCC1. The van der Waals surface area contributed by atoms with Crippen molar-refractivity contribution in [1.82, 2.24) is 10.2 Å². The van der Waals surface area contributed by atoms with Gasteiger partial charge in [-0.25, -0.2) is 0 Å². The van der Waals surface area contributed by atoms with Crippen LogP contribution < -0.4 is 5.32 Å². The predicted octanol–water partition coefficient (Wildman–Crippen LogP) is 1.38. The van der Waals surface area contributed by atoms with Crippen LogP contribution in [0.25, 0.3) is 0 Å². The molecule has 1 aliphatic rings. The summed E-state index contributed by atoms with van der Waals surface area (Å²) in [5, 5.41) is 12.1. The van der Waals surface area contributed by atoms with Crippen LogP contribution in [0, 0.1) is 11.3 Å². The lowest BCUT2D eigenvalue weighted by Crippen LogP contribution is -2.40. The summed E-state index contributed by atoms with van der Waals surface area (Å²) >= 11 is 0. The first-order valence-electron chi connectivity index (χ1n) is 6.49. The van der Waals surface area contributed by atoms with E-state index in [0.29, 0.717) is 6.04 Å². The van der Waals surface area contributed by atoms with E-state index in [-0.39, 0.29) is 5.54 Å². The first-order chi connectivity index (χ1) is 8.11. The summed E-state index contributed by atoms with van der Waals surface area (Å²) in [4.78, 5) is 2.41. The maximum absolute atomic E-state index is 9.06. The zero-order valence-corrected chi connectivity index (χ0v) is 11.3. The van der Waals surface area contributed by atoms with Crippen LogP contribution in [0.4, 0.5) is 0 Å². The van der Waals surface area contributed by atoms with Crippen LogP contribution in [0.1, 0.15) is 32.6 Å². The molecular formula is C13H25N3O. The first kappa shape index (κ1) is 14.4. The molecular weight excluding hydrogens is 214 g/mol. The topological polar surface area (TPSA) is 48.3 Å². The minimum absolute atomic E-state index is 0.378. The quantitative estimate of drug-likeness (QED) is 0.761. The number of rotatable bonds is 6. The Morgan fingerprint density at radius 1 is 1.47 bits per heavy atom. The van der Waals surface area contributed by atoms with Gasteiger partial charge in [0.15, 0.2) is 0 Å². The number of hydrogen-bond donors (Lipinski definition) is 1. The lowest BCUT2D eigenvalue weighted by atomic mass is 9.97. The van der Waals surface area contributed by atoms with Crippen molar-refractivity contribution in [2.75, 3.05) is 33.9 Å². The van der Waals surface area contributed by atoms with Crippen molar-refractivity contribution < 1.29 is 4.74 Å². The molecule has 4 heteroatoms. The van der Waals surface area contributed by atoms with Gasteiger partial charge in [0.1, 0.15) is 5.54 Å². The Labute approximate surface area is 105 Å². The van der Waals surface area contributed by atoms with E-state index in [1.165, 1.54) is 0 Å². The highest BCUT2D eigenvalue weighted by Crippen LogP contribution is 2.15. The normalized spacial score (nSPS) is 21.1. The van der Waals surface area contributed by atoms with Crippen molar-refractivity contribution in [3.63, 3.8) is 0 Å². The van der Waals surface area contributed by atoms with Crippen LogP contribution in [-0.2, 0) is 4.74 Å². The minimum Gasteiger partial charge on any atom is -0.381 e. The van der Waals surface area contributed by atoms with E-state index in [9.17, 15) is 0 Å². The fraction of sp³-hybridized carbons (Fsp3) is 0.923. The van der Waals surface area contributed by atoms with Gasteiger partial charge in [-0.1, -0.05) is 0 Å². The largest absolute Gasteiger partial charge is 0.381 e. The van der Waals surface area contributed by atoms with Crippen molar-refractivity contribution >= 4 is 0 Å². The molecule has 0 spiro atoms. The second-order valence-corrected chi connectivity index (χ2v) is 5.12. The molecule has 1 N–H and O–H groups in total. The Balaban J connectivity index is 2.23. The fourth-order valence-corrected chi connectivity index (χ4v) is 2.23. The van der Waals surface area contributed by atoms with Crippen molar-refractivity contribution in [1.29, 1.82) is 5.26 Å². The molecule has 0 aromatic heterocycles. The summed E-state index contributed by atoms with van der Waals surface area (Å²) in [6.45, 7) is 4.80. The van der Waals surface area contributed by atoms with Gasteiger partial charge in [0.05, 0.1) is 6.07 Å². The van der Waals surface area contributed by atoms with Gasteiger partial charge in [0.2, 0.25) is 0 Å². The first-order valence-corrected chi connectivity index (χ1v) is 6.49. The third-order valence-corrected chi connectivity index (χ3v) is 3.80. The molecule has 0 amide bonds. The van der Waals surface area contributed by atoms with Crippen molar-refractivity contribution in [3.8, 4) is 6.07 Å². The number of nitriles is 1. The average molecular weight is 239 g/mol. The highest BCUT2D eigenvalue weighted by atomic mass is 16.5. The molecule has 0 bridgehead atoms. The summed E-state index contributed by atoms with van der Waals surface area (Å²) in [5.41, 5.74) is -0.378. The van der Waals surface area contributed by atoms with E-state index >= 15 is 0 Å². The Kier molecular flexibility index (Phi) is 5.90. The van der Waals surface area contributed by atoms with Crippen LogP contribution in [0.5, 0.6) is 0 Å². The number of hydrogen-bond acceptors (Lipinski definition) is 4. The highest BCUT2D eigenvalue weighted by Gasteiger charge is 2.22. The molecule has 98 valence electrons. The Bertz CT molecular complexity index is 258. The molecule has 1 heterocycles.